The second kappa shape index (κ2) is 11.8. The van der Waals surface area contributed by atoms with Crippen LogP contribution in [0, 0.1) is 5.92 Å². The van der Waals surface area contributed by atoms with E-state index in [0.29, 0.717) is 40.5 Å². The Kier molecular flexibility index (Phi) is 7.89. The van der Waals surface area contributed by atoms with E-state index in [0.717, 1.165) is 67.1 Å². The van der Waals surface area contributed by atoms with Crippen LogP contribution in [0.3, 0.4) is 0 Å². The fourth-order valence-corrected chi connectivity index (χ4v) is 5.51. The maximum atomic E-state index is 13.2. The van der Waals surface area contributed by atoms with E-state index in [1.54, 1.807) is 26.3 Å². The van der Waals surface area contributed by atoms with E-state index in [1.165, 1.54) is 10.9 Å². The summed E-state index contributed by atoms with van der Waals surface area (Å²) in [6.07, 6.45) is 8.35. The zero-order valence-corrected chi connectivity index (χ0v) is 24.4. The summed E-state index contributed by atoms with van der Waals surface area (Å²) in [4.78, 5) is 22.3. The van der Waals surface area contributed by atoms with Gasteiger partial charge in [0.25, 0.3) is 0 Å². The minimum absolute atomic E-state index is 0. The first-order valence-corrected chi connectivity index (χ1v) is 14.5. The number of imidazole rings is 1. The number of aryl methyl sites for hydroxylation is 1. The first-order valence-electron chi connectivity index (χ1n) is 14.5. The minimum atomic E-state index is -4.50. The lowest BCUT2D eigenvalue weighted by atomic mass is 9.86. The molecule has 3 heterocycles. The summed E-state index contributed by atoms with van der Waals surface area (Å²) in [5, 5.41) is 0. The number of aromatic nitrogens is 6. The third-order valence-corrected chi connectivity index (χ3v) is 8.17. The molecule has 1 saturated carbocycles. The Bertz CT molecular complexity index is 1650. The second-order valence-electron chi connectivity index (χ2n) is 11.2. The van der Waals surface area contributed by atoms with E-state index in [4.69, 9.17) is 19.4 Å². The van der Waals surface area contributed by atoms with Crippen molar-refractivity contribution in [3.63, 3.8) is 0 Å². The van der Waals surface area contributed by atoms with Crippen LogP contribution >= 0.6 is 0 Å². The highest BCUT2D eigenvalue weighted by molar-refractivity contribution is 5.72. The van der Waals surface area contributed by atoms with Gasteiger partial charge in [-0.3, -0.25) is 0 Å². The van der Waals surface area contributed by atoms with Crippen molar-refractivity contribution in [2.45, 2.75) is 64.1 Å². The van der Waals surface area contributed by atoms with Crippen molar-refractivity contribution >= 4 is 5.57 Å². The quantitative estimate of drug-likeness (QED) is 0.197. The van der Waals surface area contributed by atoms with Crippen molar-refractivity contribution in [2.24, 2.45) is 13.0 Å². The second-order valence-corrected chi connectivity index (χ2v) is 11.2. The Morgan fingerprint density at radius 1 is 1.02 bits per heavy atom. The number of benzene rings is 1. The van der Waals surface area contributed by atoms with Crippen LogP contribution < -0.4 is 9.47 Å². The zero-order chi connectivity index (χ0) is 30.1. The fraction of sp³-hybridized carbons (Fsp3) is 0.406. The number of hydrogen-bond donors (Lipinski definition) is 0. The first-order chi connectivity index (χ1) is 20.7. The zero-order valence-electron chi connectivity index (χ0n) is 24.4. The highest BCUT2D eigenvalue weighted by Gasteiger charge is 2.35. The third-order valence-electron chi connectivity index (χ3n) is 8.17. The molecule has 8 nitrogen and oxygen atoms in total. The predicted molar refractivity (Wildman–Crippen MR) is 157 cm³/mol. The van der Waals surface area contributed by atoms with Crippen molar-refractivity contribution in [1.29, 1.82) is 0 Å². The van der Waals surface area contributed by atoms with Crippen LogP contribution in [0.5, 0.6) is 11.8 Å². The van der Waals surface area contributed by atoms with Crippen molar-refractivity contribution in [3.8, 4) is 34.5 Å². The van der Waals surface area contributed by atoms with E-state index < -0.39 is 11.9 Å². The molecule has 0 aliphatic heterocycles. The number of methoxy groups -OCH3 is 1. The van der Waals surface area contributed by atoms with Crippen LogP contribution in [-0.2, 0) is 19.8 Å². The topological polar surface area (TPSA) is 87.8 Å². The maximum absolute atomic E-state index is 13.2. The monoisotopic (exact) mass is 592 g/mol. The van der Waals surface area contributed by atoms with E-state index in [-0.39, 0.29) is 13.9 Å². The van der Waals surface area contributed by atoms with Crippen LogP contribution in [0.4, 0.5) is 13.2 Å². The van der Waals surface area contributed by atoms with Gasteiger partial charge in [-0.1, -0.05) is 43.7 Å². The van der Waals surface area contributed by atoms with Crippen molar-refractivity contribution in [2.75, 3.05) is 7.11 Å². The summed E-state index contributed by atoms with van der Waals surface area (Å²) in [7, 11) is 3.12. The number of nitrogens with zero attached hydrogens (tertiary/aromatic N) is 6. The van der Waals surface area contributed by atoms with E-state index >= 15 is 0 Å². The highest BCUT2D eigenvalue weighted by atomic mass is 19.4. The van der Waals surface area contributed by atoms with Gasteiger partial charge in [-0.2, -0.15) is 18.2 Å². The van der Waals surface area contributed by atoms with Crippen molar-refractivity contribution in [3.05, 3.63) is 71.6 Å². The molecule has 1 unspecified atom stereocenters. The van der Waals surface area contributed by atoms with Gasteiger partial charge in [-0.25, -0.2) is 19.9 Å². The van der Waals surface area contributed by atoms with Crippen molar-refractivity contribution < 1.29 is 24.1 Å². The molecule has 0 amide bonds. The molecule has 3 aromatic heterocycles. The molecule has 11 heteroatoms. The molecule has 1 aromatic carbocycles. The van der Waals surface area contributed by atoms with Gasteiger partial charge in [0.15, 0.2) is 11.5 Å². The number of rotatable bonds is 9. The van der Waals surface area contributed by atoms with Gasteiger partial charge in [0.1, 0.15) is 24.3 Å². The van der Waals surface area contributed by atoms with E-state index in [9.17, 15) is 13.2 Å². The molecule has 2 aliphatic rings. The van der Waals surface area contributed by atoms with Crippen molar-refractivity contribution in [1.82, 2.24) is 29.5 Å². The Morgan fingerprint density at radius 3 is 2.44 bits per heavy atom. The molecule has 43 heavy (non-hydrogen) atoms. The SMILES string of the molecule is CCC1CC=C(c2cnc(-c3c(OC)ncnc3C3CC3)nc2OCc2ccc(-c3nc(C(F)(F)F)cn3C)cc2)CC1.[HH]. The van der Waals surface area contributed by atoms with Gasteiger partial charge < -0.3 is 14.0 Å². The van der Waals surface area contributed by atoms with Gasteiger partial charge in [0.05, 0.1) is 18.4 Å². The summed E-state index contributed by atoms with van der Waals surface area (Å²) >= 11 is 0. The number of ether oxygens (including phenoxy) is 2. The van der Waals surface area contributed by atoms with E-state index in [1.807, 2.05) is 18.3 Å². The summed E-state index contributed by atoms with van der Waals surface area (Å²) in [5.41, 5.74) is 4.08. The molecule has 1 fully saturated rings. The average molecular weight is 593 g/mol. The molecule has 4 aromatic rings. The van der Waals surface area contributed by atoms with E-state index in [2.05, 4.69) is 28.0 Å². The van der Waals surface area contributed by atoms with Crippen LogP contribution in [0.1, 0.15) is 75.3 Å². The molecule has 0 spiro atoms. The smallest absolute Gasteiger partial charge is 0.434 e. The van der Waals surface area contributed by atoms with Gasteiger partial charge in [0, 0.05) is 32.3 Å². The van der Waals surface area contributed by atoms with Gasteiger partial charge in [-0.15, -0.1) is 0 Å². The molecule has 0 bridgehead atoms. The number of hydrogen-bond acceptors (Lipinski definition) is 7. The third kappa shape index (κ3) is 6.11. The average Bonchev–Trinajstić information content (AvgIpc) is 3.79. The Morgan fingerprint density at radius 2 is 1.81 bits per heavy atom. The van der Waals surface area contributed by atoms with Crippen LogP contribution in [-0.4, -0.2) is 36.6 Å². The minimum Gasteiger partial charge on any atom is -0.480 e. The Labute approximate surface area is 249 Å². The van der Waals surface area contributed by atoms with Crippen LogP contribution in [0.15, 0.2) is 49.1 Å². The molecule has 0 N–H and O–H groups in total. The molecule has 0 saturated heterocycles. The van der Waals surface area contributed by atoms with Gasteiger partial charge in [0.2, 0.25) is 11.8 Å². The number of halogens is 3. The standard InChI is InChI=1S/C32H33F3N6O2.H2/c1-4-19-5-9-21(10-6-19)24-15-36-28(26-27(22-13-14-22)37-18-38-31(26)42-3)40-30(24)43-17-20-7-11-23(12-8-20)29-39-25(16-41(29)2)32(33,34)35;/h7-9,11-12,15-16,18-19,22H,4-6,10,13-14,17H2,1-3H3;1H. The lowest BCUT2D eigenvalue weighted by molar-refractivity contribution is -0.140. The lowest BCUT2D eigenvalue weighted by Gasteiger charge is -2.22. The Hall–Kier alpha value is -4.28. The molecule has 1 atom stereocenters. The molecule has 6 rings (SSSR count). The molecule has 226 valence electrons. The highest BCUT2D eigenvalue weighted by Crippen LogP contribution is 2.45. The molecule has 0 radical (unpaired) electrons. The number of allylic oxidation sites excluding steroid dienone is 2. The normalized spacial score (nSPS) is 17.1. The lowest BCUT2D eigenvalue weighted by Crippen LogP contribution is -2.08. The first kappa shape index (κ1) is 28.8. The van der Waals surface area contributed by atoms with Crippen LogP contribution in [0.2, 0.25) is 0 Å². The predicted octanol–water partition coefficient (Wildman–Crippen LogP) is 7.66. The molecular weight excluding hydrogens is 557 g/mol. The summed E-state index contributed by atoms with van der Waals surface area (Å²) in [6.45, 7) is 2.43. The van der Waals surface area contributed by atoms with Gasteiger partial charge in [-0.05, 0) is 49.2 Å². The Balaban J connectivity index is 0.00000384. The molecule has 2 aliphatic carbocycles. The summed E-state index contributed by atoms with van der Waals surface area (Å²) in [6, 6.07) is 7.14. The van der Waals surface area contributed by atoms with Gasteiger partial charge >= 0.3 is 6.18 Å². The fourth-order valence-electron chi connectivity index (χ4n) is 5.51. The maximum Gasteiger partial charge on any atom is 0.434 e. The summed E-state index contributed by atoms with van der Waals surface area (Å²) < 4.78 is 52.8. The van der Waals surface area contributed by atoms with Crippen LogP contribution in [0.25, 0.3) is 28.3 Å². The molecular formula is C32H35F3N6O2. The number of alkyl halides is 3. The largest absolute Gasteiger partial charge is 0.480 e. The summed E-state index contributed by atoms with van der Waals surface area (Å²) in [5.74, 6) is 2.58.